The number of nitrogens with zero attached hydrogens (tertiary/aromatic N) is 3. The molecule has 1 aromatic carbocycles. The second-order valence-corrected chi connectivity index (χ2v) is 8.06. The number of ether oxygens (including phenoxy) is 1. The molecule has 146 valence electrons. The Labute approximate surface area is 169 Å². The summed E-state index contributed by atoms with van der Waals surface area (Å²) in [5.74, 6) is 0.906. The van der Waals surface area contributed by atoms with Gasteiger partial charge in [0.1, 0.15) is 5.75 Å². The second-order valence-electron chi connectivity index (χ2n) is 7.03. The van der Waals surface area contributed by atoms with Crippen molar-refractivity contribution >= 4 is 22.9 Å². The Morgan fingerprint density at radius 2 is 2.00 bits per heavy atom. The number of thiophene rings is 1. The van der Waals surface area contributed by atoms with Gasteiger partial charge in [0.25, 0.3) is 0 Å². The summed E-state index contributed by atoms with van der Waals surface area (Å²) in [6, 6.07) is 16.3. The second kappa shape index (κ2) is 8.20. The summed E-state index contributed by atoms with van der Waals surface area (Å²) < 4.78 is 7.54. The van der Waals surface area contributed by atoms with E-state index in [2.05, 4.69) is 40.8 Å². The molecule has 6 heteroatoms. The number of benzene rings is 1. The van der Waals surface area contributed by atoms with Crippen LogP contribution < -0.4 is 9.64 Å². The van der Waals surface area contributed by atoms with Crippen molar-refractivity contribution in [3.8, 4) is 5.75 Å². The van der Waals surface area contributed by atoms with Gasteiger partial charge in [0.2, 0.25) is 5.91 Å². The molecule has 2 aromatic heterocycles. The SMILES string of the molecule is COc1ccc(N(Cc2cccs2)C(=O)CN2CCn3cccc3[C@H]2C)cc1. The van der Waals surface area contributed by atoms with Crippen molar-refractivity contribution in [1.82, 2.24) is 9.47 Å². The Morgan fingerprint density at radius 3 is 2.71 bits per heavy atom. The normalized spacial score (nSPS) is 16.6. The molecule has 1 atom stereocenters. The third-order valence-electron chi connectivity index (χ3n) is 5.39. The van der Waals surface area contributed by atoms with E-state index in [-0.39, 0.29) is 11.9 Å². The van der Waals surface area contributed by atoms with Gasteiger partial charge in [0.15, 0.2) is 0 Å². The van der Waals surface area contributed by atoms with Gasteiger partial charge in [0.05, 0.1) is 20.2 Å². The molecule has 0 aliphatic carbocycles. The van der Waals surface area contributed by atoms with E-state index in [1.54, 1.807) is 18.4 Å². The molecule has 1 aliphatic heterocycles. The zero-order valence-corrected chi connectivity index (χ0v) is 17.1. The van der Waals surface area contributed by atoms with E-state index in [4.69, 9.17) is 4.74 Å². The number of carbonyl (C=O) groups is 1. The number of aromatic nitrogens is 1. The van der Waals surface area contributed by atoms with Crippen molar-refractivity contribution in [2.24, 2.45) is 0 Å². The Kier molecular flexibility index (Phi) is 5.50. The van der Waals surface area contributed by atoms with E-state index >= 15 is 0 Å². The highest BCUT2D eigenvalue weighted by Gasteiger charge is 2.27. The minimum atomic E-state index is 0.116. The van der Waals surface area contributed by atoms with Gasteiger partial charge in [0, 0.05) is 41.6 Å². The van der Waals surface area contributed by atoms with Gasteiger partial charge in [-0.05, 0) is 54.8 Å². The average Bonchev–Trinajstić information content (AvgIpc) is 3.40. The molecule has 0 unspecified atom stereocenters. The zero-order valence-electron chi connectivity index (χ0n) is 16.2. The van der Waals surface area contributed by atoms with Crippen LogP contribution in [0.2, 0.25) is 0 Å². The first kappa shape index (κ1) is 18.8. The van der Waals surface area contributed by atoms with E-state index in [1.165, 1.54) is 10.6 Å². The molecule has 4 rings (SSSR count). The predicted octanol–water partition coefficient (Wildman–Crippen LogP) is 4.17. The molecule has 5 nitrogen and oxygen atoms in total. The van der Waals surface area contributed by atoms with E-state index in [1.807, 2.05) is 40.6 Å². The largest absolute Gasteiger partial charge is 0.497 e. The Bertz CT molecular complexity index is 918. The Hall–Kier alpha value is -2.57. The molecule has 1 amide bonds. The highest BCUT2D eigenvalue weighted by molar-refractivity contribution is 7.09. The van der Waals surface area contributed by atoms with Crippen LogP contribution in [0.4, 0.5) is 5.69 Å². The van der Waals surface area contributed by atoms with Crippen LogP contribution >= 0.6 is 11.3 Å². The first-order valence-corrected chi connectivity index (χ1v) is 10.4. The lowest BCUT2D eigenvalue weighted by Gasteiger charge is -2.35. The van der Waals surface area contributed by atoms with Crippen molar-refractivity contribution in [2.45, 2.75) is 26.1 Å². The van der Waals surface area contributed by atoms with Crippen LogP contribution in [-0.2, 0) is 17.9 Å². The summed E-state index contributed by atoms with van der Waals surface area (Å²) >= 11 is 1.67. The van der Waals surface area contributed by atoms with E-state index < -0.39 is 0 Å². The summed E-state index contributed by atoms with van der Waals surface area (Å²) in [5, 5.41) is 2.05. The lowest BCUT2D eigenvalue weighted by atomic mass is 10.1. The topological polar surface area (TPSA) is 37.7 Å². The molecule has 0 saturated carbocycles. The Morgan fingerprint density at radius 1 is 1.18 bits per heavy atom. The van der Waals surface area contributed by atoms with Crippen LogP contribution in [0, 0.1) is 0 Å². The van der Waals surface area contributed by atoms with Gasteiger partial charge >= 0.3 is 0 Å². The number of hydrogen-bond donors (Lipinski definition) is 0. The predicted molar refractivity (Wildman–Crippen MR) is 113 cm³/mol. The van der Waals surface area contributed by atoms with Crippen LogP contribution in [0.15, 0.2) is 60.1 Å². The number of fused-ring (bicyclic) bond motifs is 1. The molecule has 0 spiro atoms. The van der Waals surface area contributed by atoms with Crippen LogP contribution in [0.3, 0.4) is 0 Å². The monoisotopic (exact) mass is 395 g/mol. The van der Waals surface area contributed by atoms with E-state index in [9.17, 15) is 4.79 Å². The number of anilines is 1. The number of amides is 1. The fraction of sp³-hybridized carbons (Fsp3) is 0.318. The number of methoxy groups -OCH3 is 1. The molecule has 0 radical (unpaired) electrons. The third kappa shape index (κ3) is 3.84. The highest BCUT2D eigenvalue weighted by Crippen LogP contribution is 2.27. The lowest BCUT2D eigenvalue weighted by molar-refractivity contribution is -0.120. The standard InChI is InChI=1S/C22H25N3O2S/c1-17-21-6-3-11-23(21)12-13-24(17)16-22(26)25(15-20-5-4-14-28-20)18-7-9-19(27-2)10-8-18/h3-11,14,17H,12-13,15-16H2,1-2H3/t17-/m1/s1. The van der Waals surface area contributed by atoms with E-state index in [0.717, 1.165) is 24.5 Å². The summed E-state index contributed by atoms with van der Waals surface area (Å²) in [6.45, 7) is 4.97. The minimum Gasteiger partial charge on any atom is -0.497 e. The highest BCUT2D eigenvalue weighted by atomic mass is 32.1. The van der Waals surface area contributed by atoms with Gasteiger partial charge < -0.3 is 14.2 Å². The van der Waals surface area contributed by atoms with Crippen LogP contribution in [0.25, 0.3) is 0 Å². The molecular weight excluding hydrogens is 370 g/mol. The first-order chi connectivity index (χ1) is 13.7. The molecular formula is C22H25N3O2S. The van der Waals surface area contributed by atoms with Crippen molar-refractivity contribution in [1.29, 1.82) is 0 Å². The summed E-state index contributed by atoms with van der Waals surface area (Å²) in [6.07, 6.45) is 2.12. The first-order valence-electron chi connectivity index (χ1n) is 9.51. The number of carbonyl (C=O) groups excluding carboxylic acids is 1. The zero-order chi connectivity index (χ0) is 19.5. The van der Waals surface area contributed by atoms with Gasteiger partial charge in [-0.15, -0.1) is 11.3 Å². The molecule has 28 heavy (non-hydrogen) atoms. The summed E-state index contributed by atoms with van der Waals surface area (Å²) in [4.78, 5) is 18.7. The smallest absolute Gasteiger partial charge is 0.241 e. The van der Waals surface area contributed by atoms with Crippen molar-refractivity contribution in [3.05, 3.63) is 70.7 Å². The number of rotatable bonds is 6. The molecule has 1 aliphatic rings. The van der Waals surface area contributed by atoms with Gasteiger partial charge in [-0.25, -0.2) is 0 Å². The minimum absolute atomic E-state index is 0.116. The summed E-state index contributed by atoms with van der Waals surface area (Å²) in [7, 11) is 1.65. The molecule has 0 fully saturated rings. The summed E-state index contributed by atoms with van der Waals surface area (Å²) in [5.41, 5.74) is 2.17. The molecule has 0 N–H and O–H groups in total. The fourth-order valence-corrected chi connectivity index (χ4v) is 4.44. The van der Waals surface area contributed by atoms with Crippen LogP contribution in [-0.4, -0.2) is 35.6 Å². The Balaban J connectivity index is 1.54. The molecule has 3 aromatic rings. The van der Waals surface area contributed by atoms with Crippen LogP contribution in [0.1, 0.15) is 23.5 Å². The number of hydrogen-bond acceptors (Lipinski definition) is 4. The van der Waals surface area contributed by atoms with Crippen molar-refractivity contribution < 1.29 is 9.53 Å². The molecule has 0 saturated heterocycles. The molecule has 0 bridgehead atoms. The van der Waals surface area contributed by atoms with Crippen molar-refractivity contribution in [2.75, 3.05) is 25.1 Å². The lowest BCUT2D eigenvalue weighted by Crippen LogP contribution is -2.44. The van der Waals surface area contributed by atoms with E-state index in [0.29, 0.717) is 13.1 Å². The van der Waals surface area contributed by atoms with Crippen molar-refractivity contribution in [3.63, 3.8) is 0 Å². The maximum absolute atomic E-state index is 13.3. The third-order valence-corrected chi connectivity index (χ3v) is 6.25. The maximum atomic E-state index is 13.3. The quantitative estimate of drug-likeness (QED) is 0.629. The van der Waals surface area contributed by atoms with Gasteiger partial charge in [-0.2, -0.15) is 0 Å². The average molecular weight is 396 g/mol. The van der Waals surface area contributed by atoms with Crippen LogP contribution in [0.5, 0.6) is 5.75 Å². The van der Waals surface area contributed by atoms with Gasteiger partial charge in [-0.3, -0.25) is 9.69 Å². The molecule has 3 heterocycles. The maximum Gasteiger partial charge on any atom is 0.241 e. The van der Waals surface area contributed by atoms with Gasteiger partial charge in [-0.1, -0.05) is 6.07 Å². The fourth-order valence-electron chi connectivity index (χ4n) is 3.75.